The molecule has 1 aliphatic heterocycles. The van der Waals surface area contributed by atoms with Gasteiger partial charge in [-0.3, -0.25) is 4.90 Å². The van der Waals surface area contributed by atoms with E-state index in [1.54, 1.807) is 23.5 Å². The smallest absolute Gasteiger partial charge is 0.244 e. The van der Waals surface area contributed by atoms with Crippen molar-refractivity contribution in [2.75, 3.05) is 6.54 Å². The SMILES string of the molecule is [O-][NH+](O)c1cccc(-c2noc(C3CC(O)CN3Cc3cccs3)n2)c1. The van der Waals surface area contributed by atoms with Crippen LogP contribution in [-0.4, -0.2) is 38.0 Å². The molecular weight excluding hydrogens is 356 g/mol. The maximum atomic E-state index is 11.1. The van der Waals surface area contributed by atoms with E-state index in [4.69, 9.17) is 9.73 Å². The maximum absolute atomic E-state index is 11.1. The lowest BCUT2D eigenvalue weighted by atomic mass is 10.2. The van der Waals surface area contributed by atoms with Gasteiger partial charge in [0.15, 0.2) is 5.69 Å². The van der Waals surface area contributed by atoms with Crippen molar-refractivity contribution < 1.29 is 20.1 Å². The summed E-state index contributed by atoms with van der Waals surface area (Å²) in [7, 11) is 0. The minimum absolute atomic E-state index is 0.156. The number of likely N-dealkylation sites (tertiary alicyclic amines) is 1. The molecule has 1 aliphatic rings. The molecule has 1 fully saturated rings. The zero-order valence-electron chi connectivity index (χ0n) is 13.8. The molecule has 3 atom stereocenters. The number of quaternary nitrogens is 1. The third-order valence-corrected chi connectivity index (χ3v) is 5.28. The van der Waals surface area contributed by atoms with Crippen LogP contribution in [0.3, 0.4) is 0 Å². The molecule has 2 aromatic heterocycles. The fourth-order valence-corrected chi connectivity index (χ4v) is 3.92. The van der Waals surface area contributed by atoms with Crippen molar-refractivity contribution in [1.82, 2.24) is 15.0 Å². The van der Waals surface area contributed by atoms with Gasteiger partial charge in [0, 0.05) is 35.7 Å². The number of hydrogen-bond donors (Lipinski definition) is 3. The molecule has 3 unspecified atom stereocenters. The second-order valence-electron chi connectivity index (χ2n) is 6.26. The Hall–Kier alpha value is -2.14. The third-order valence-electron chi connectivity index (χ3n) is 4.41. The number of aliphatic hydroxyl groups is 1. The molecule has 0 saturated carbocycles. The number of thiophene rings is 1. The predicted octanol–water partition coefficient (Wildman–Crippen LogP) is 1.51. The number of hydrogen-bond acceptors (Lipinski definition) is 8. The number of aliphatic hydroxyl groups excluding tert-OH is 1. The summed E-state index contributed by atoms with van der Waals surface area (Å²) >= 11 is 1.67. The summed E-state index contributed by atoms with van der Waals surface area (Å²) < 4.78 is 5.44. The lowest BCUT2D eigenvalue weighted by Gasteiger charge is -2.20. The van der Waals surface area contributed by atoms with Crippen LogP contribution in [0.25, 0.3) is 11.4 Å². The van der Waals surface area contributed by atoms with Gasteiger partial charge in [-0.05, 0) is 17.9 Å². The van der Waals surface area contributed by atoms with Crippen LogP contribution in [0.1, 0.15) is 23.2 Å². The summed E-state index contributed by atoms with van der Waals surface area (Å²) in [6, 6.07) is 10.3. The Balaban J connectivity index is 1.57. The Morgan fingerprint density at radius 2 is 2.23 bits per heavy atom. The molecule has 8 nitrogen and oxygen atoms in total. The van der Waals surface area contributed by atoms with Crippen LogP contribution in [-0.2, 0) is 6.54 Å². The van der Waals surface area contributed by atoms with Crippen LogP contribution in [0.4, 0.5) is 5.69 Å². The van der Waals surface area contributed by atoms with E-state index in [2.05, 4.69) is 21.1 Å². The number of β-amino-alcohol motifs (C(OH)–C–C–N with tert-alkyl or cyclic N) is 1. The van der Waals surface area contributed by atoms with Gasteiger partial charge in [0.25, 0.3) is 0 Å². The first kappa shape index (κ1) is 17.3. The van der Waals surface area contributed by atoms with E-state index in [1.165, 1.54) is 17.0 Å². The summed E-state index contributed by atoms with van der Waals surface area (Å²) in [4.78, 5) is 7.79. The normalized spacial score (nSPS) is 22.0. The fourth-order valence-electron chi connectivity index (χ4n) is 3.19. The number of benzene rings is 1. The molecule has 3 N–H and O–H groups in total. The van der Waals surface area contributed by atoms with Gasteiger partial charge < -0.3 is 14.8 Å². The van der Waals surface area contributed by atoms with Crippen molar-refractivity contribution in [3.8, 4) is 11.4 Å². The molecule has 1 aromatic carbocycles. The highest BCUT2D eigenvalue weighted by atomic mass is 32.1. The molecule has 3 heterocycles. The van der Waals surface area contributed by atoms with Gasteiger partial charge in [-0.15, -0.1) is 11.3 Å². The van der Waals surface area contributed by atoms with Crippen molar-refractivity contribution >= 4 is 17.0 Å². The highest BCUT2D eigenvalue weighted by molar-refractivity contribution is 7.09. The molecule has 9 heteroatoms. The van der Waals surface area contributed by atoms with E-state index in [9.17, 15) is 10.3 Å². The highest BCUT2D eigenvalue weighted by Gasteiger charge is 2.36. The summed E-state index contributed by atoms with van der Waals surface area (Å²) in [5.74, 6) is 0.786. The first-order valence-corrected chi connectivity index (χ1v) is 9.10. The molecule has 0 bridgehead atoms. The van der Waals surface area contributed by atoms with Gasteiger partial charge in [0.05, 0.1) is 12.1 Å². The zero-order valence-corrected chi connectivity index (χ0v) is 14.6. The third kappa shape index (κ3) is 3.54. The predicted molar refractivity (Wildman–Crippen MR) is 93.6 cm³/mol. The Labute approximate surface area is 153 Å². The van der Waals surface area contributed by atoms with Gasteiger partial charge >= 0.3 is 0 Å². The Bertz CT molecular complexity index is 867. The first-order chi connectivity index (χ1) is 12.6. The van der Waals surface area contributed by atoms with Crippen LogP contribution >= 0.6 is 11.3 Å². The molecule has 0 amide bonds. The molecule has 4 rings (SSSR count). The van der Waals surface area contributed by atoms with E-state index < -0.39 is 11.3 Å². The summed E-state index contributed by atoms with van der Waals surface area (Å²) in [5, 5.41) is 35.4. The molecule has 0 radical (unpaired) electrons. The lowest BCUT2D eigenvalue weighted by Crippen LogP contribution is -2.99. The average molecular weight is 374 g/mol. The quantitative estimate of drug-likeness (QED) is 0.581. The standard InChI is InChI=1S/C17H18N4O4S/c22-13-8-15(20(9-13)10-14-5-2-6-26-14)17-18-16(19-25-17)11-3-1-4-12(7-11)21(23)24/h1-7,13,15,21-23H,8-10H2. The van der Waals surface area contributed by atoms with Crippen LogP contribution in [0, 0.1) is 5.21 Å². The topological polar surface area (TPSA) is 110 Å². The number of nitrogens with zero attached hydrogens (tertiary/aromatic N) is 3. The van der Waals surface area contributed by atoms with Crippen LogP contribution in [0.2, 0.25) is 0 Å². The van der Waals surface area contributed by atoms with E-state index in [0.717, 1.165) is 0 Å². The van der Waals surface area contributed by atoms with Crippen molar-refractivity contribution in [3.05, 3.63) is 57.8 Å². The van der Waals surface area contributed by atoms with E-state index in [-0.39, 0.29) is 11.7 Å². The van der Waals surface area contributed by atoms with E-state index in [1.807, 2.05) is 11.4 Å². The largest absolute Gasteiger partial charge is 0.595 e. The molecule has 1 saturated heterocycles. The van der Waals surface area contributed by atoms with Gasteiger partial charge in [-0.2, -0.15) is 10.2 Å². The summed E-state index contributed by atoms with van der Waals surface area (Å²) in [6.45, 7) is 1.26. The molecular formula is C17H18N4O4S. The van der Waals surface area contributed by atoms with Crippen molar-refractivity contribution in [2.24, 2.45) is 0 Å². The molecule has 0 aliphatic carbocycles. The second-order valence-corrected chi connectivity index (χ2v) is 7.29. The molecule has 26 heavy (non-hydrogen) atoms. The van der Waals surface area contributed by atoms with E-state index in [0.29, 0.717) is 36.8 Å². The van der Waals surface area contributed by atoms with Gasteiger partial charge in [-0.25, -0.2) is 5.21 Å². The number of nitrogens with one attached hydrogen (secondary N) is 1. The number of rotatable bonds is 5. The second kappa shape index (κ2) is 7.23. The lowest BCUT2D eigenvalue weighted by molar-refractivity contribution is -0.991. The summed E-state index contributed by atoms with van der Waals surface area (Å²) in [6.07, 6.45) is 0.0907. The molecule has 136 valence electrons. The minimum atomic E-state index is -1.00. The summed E-state index contributed by atoms with van der Waals surface area (Å²) in [5.41, 5.74) is 0.757. The van der Waals surface area contributed by atoms with Crippen LogP contribution < -0.4 is 5.23 Å². The van der Waals surface area contributed by atoms with Crippen molar-refractivity contribution in [2.45, 2.75) is 25.1 Å². The van der Waals surface area contributed by atoms with Crippen LogP contribution in [0.5, 0.6) is 0 Å². The Morgan fingerprint density at radius 1 is 1.35 bits per heavy atom. The van der Waals surface area contributed by atoms with Gasteiger partial charge in [0.2, 0.25) is 11.7 Å². The van der Waals surface area contributed by atoms with Crippen molar-refractivity contribution in [3.63, 3.8) is 0 Å². The highest BCUT2D eigenvalue weighted by Crippen LogP contribution is 2.34. The van der Waals surface area contributed by atoms with Crippen LogP contribution in [0.15, 0.2) is 46.3 Å². The minimum Gasteiger partial charge on any atom is -0.595 e. The zero-order chi connectivity index (χ0) is 18.1. The Kier molecular flexibility index (Phi) is 4.81. The average Bonchev–Trinajstić information content (AvgIpc) is 3.36. The molecule has 3 aromatic rings. The van der Waals surface area contributed by atoms with E-state index >= 15 is 0 Å². The maximum Gasteiger partial charge on any atom is 0.244 e. The monoisotopic (exact) mass is 374 g/mol. The van der Waals surface area contributed by atoms with Gasteiger partial charge in [-0.1, -0.05) is 23.4 Å². The van der Waals surface area contributed by atoms with Crippen molar-refractivity contribution in [1.29, 1.82) is 0 Å². The fraction of sp³-hybridized carbons (Fsp3) is 0.294. The number of aromatic nitrogens is 2. The first-order valence-electron chi connectivity index (χ1n) is 8.22. The Morgan fingerprint density at radius 3 is 3.00 bits per heavy atom. The molecule has 0 spiro atoms. The van der Waals surface area contributed by atoms with Gasteiger partial charge in [0.1, 0.15) is 0 Å².